The van der Waals surface area contributed by atoms with Crippen molar-refractivity contribution in [1.82, 2.24) is 25.3 Å². The fourth-order valence-corrected chi connectivity index (χ4v) is 10.1. The number of nitrogen functional groups attached to an aromatic ring is 1. The van der Waals surface area contributed by atoms with Gasteiger partial charge in [-0.05, 0) is 67.7 Å². The van der Waals surface area contributed by atoms with Gasteiger partial charge in [0.2, 0.25) is 23.6 Å². The molecule has 436 valence electrons. The van der Waals surface area contributed by atoms with Crippen LogP contribution >= 0.6 is 0 Å². The molecule has 2 aliphatic rings. The van der Waals surface area contributed by atoms with E-state index in [4.69, 9.17) is 40.9 Å². The average Bonchev–Trinajstić information content (AvgIpc) is 3.88. The average molecular weight is 1090 g/mol. The molecule has 2 aromatic rings. The van der Waals surface area contributed by atoms with E-state index in [-0.39, 0.29) is 48.8 Å². The summed E-state index contributed by atoms with van der Waals surface area (Å²) in [4.78, 5) is 75.2. The number of ether oxygens (including phenoxy) is 5. The van der Waals surface area contributed by atoms with Crippen molar-refractivity contribution in [2.45, 2.75) is 180 Å². The third kappa shape index (κ3) is 18.3. The van der Waals surface area contributed by atoms with E-state index in [1.54, 1.807) is 106 Å². The molecule has 5 amide bonds. The van der Waals surface area contributed by atoms with Crippen LogP contribution in [0.2, 0.25) is 0 Å². The lowest BCUT2D eigenvalue weighted by atomic mass is 9.89. The summed E-state index contributed by atoms with van der Waals surface area (Å²) in [5.74, 6) is -3.23. The molecule has 0 bridgehead atoms. The number of hydrogen-bond acceptors (Lipinski definition) is 17. The number of nitrogens with one attached hydrogen (secondary N) is 2. The van der Waals surface area contributed by atoms with E-state index < -0.39 is 110 Å². The third-order valence-electron chi connectivity index (χ3n) is 14.5. The second-order valence-corrected chi connectivity index (χ2v) is 21.2. The van der Waals surface area contributed by atoms with Gasteiger partial charge in [0.25, 0.3) is 0 Å². The van der Waals surface area contributed by atoms with Gasteiger partial charge in [-0.1, -0.05) is 97.4 Å². The Morgan fingerprint density at radius 2 is 1.43 bits per heavy atom. The number of amides is 5. The number of rotatable bonds is 25. The Hall–Kier alpha value is -5.01. The number of nitrogens with two attached hydrogens (primary N) is 3. The second kappa shape index (κ2) is 31.5. The summed E-state index contributed by atoms with van der Waals surface area (Å²) in [7, 11) is 6.13. The molecule has 12 N–H and O–H groups in total. The van der Waals surface area contributed by atoms with Crippen LogP contribution in [0.25, 0.3) is 0 Å². The van der Waals surface area contributed by atoms with Gasteiger partial charge < -0.3 is 81.7 Å². The number of hydrogen-bond donors (Lipinski definition) is 9. The van der Waals surface area contributed by atoms with Gasteiger partial charge in [-0.3, -0.25) is 24.1 Å². The molecule has 77 heavy (non-hydrogen) atoms. The molecule has 2 aliphatic heterocycles. The number of benzene rings is 2. The Morgan fingerprint density at radius 3 is 1.96 bits per heavy atom. The number of anilines is 1. The largest absolute Gasteiger partial charge is 0.445 e. The lowest BCUT2D eigenvalue weighted by Gasteiger charge is -2.42. The SMILES string of the molecule is CC(N)N.CCC(C)C(C(CC(=O)N1CCCC1C(OC)C(C)C(=O)NC(C)C(OC1OC(CO)C(O)C(O)C1O)c1ccccc1)OC)N(C)C(=O)C(NC(=O)C(C(C)C)N(C)C(=O)OCc1ccc(N)cc1)C(C)C. The van der Waals surface area contributed by atoms with Gasteiger partial charge in [0, 0.05) is 46.7 Å². The second-order valence-electron chi connectivity index (χ2n) is 21.2. The van der Waals surface area contributed by atoms with Gasteiger partial charge in [-0.25, -0.2) is 4.79 Å². The minimum absolute atomic E-state index is 0.0252. The van der Waals surface area contributed by atoms with Gasteiger partial charge in [0.15, 0.2) is 6.29 Å². The molecular weight excluding hydrogens is 997 g/mol. The highest BCUT2D eigenvalue weighted by Gasteiger charge is 2.47. The molecule has 0 spiro atoms. The Balaban J connectivity index is 0.00000376. The predicted octanol–water partition coefficient (Wildman–Crippen LogP) is 2.24. The van der Waals surface area contributed by atoms with Crippen molar-refractivity contribution in [3.05, 3.63) is 65.7 Å². The fourth-order valence-electron chi connectivity index (χ4n) is 10.1. The minimum Gasteiger partial charge on any atom is -0.445 e. The van der Waals surface area contributed by atoms with Gasteiger partial charge in [-0.15, -0.1) is 0 Å². The molecule has 4 rings (SSSR count). The highest BCUT2D eigenvalue weighted by Crippen LogP contribution is 2.32. The quantitative estimate of drug-likeness (QED) is 0.0509. The summed E-state index contributed by atoms with van der Waals surface area (Å²) in [5.41, 5.74) is 17.5. The first-order chi connectivity index (χ1) is 36.3. The molecule has 2 aromatic carbocycles. The van der Waals surface area contributed by atoms with E-state index in [0.29, 0.717) is 37.1 Å². The Kier molecular flexibility index (Phi) is 27.2. The molecule has 0 aliphatic carbocycles. The lowest BCUT2D eigenvalue weighted by molar-refractivity contribution is -0.314. The zero-order valence-electron chi connectivity index (χ0n) is 47.5. The van der Waals surface area contributed by atoms with Crippen molar-refractivity contribution in [1.29, 1.82) is 0 Å². The Labute approximate surface area is 455 Å². The molecule has 2 heterocycles. The van der Waals surface area contributed by atoms with E-state index in [1.807, 2.05) is 27.7 Å². The highest BCUT2D eigenvalue weighted by atomic mass is 16.7. The summed E-state index contributed by atoms with van der Waals surface area (Å²) in [5, 5.41) is 47.3. The molecular formula is C55H92N8O14. The Bertz CT molecular complexity index is 2120. The summed E-state index contributed by atoms with van der Waals surface area (Å²) < 4.78 is 29.5. The number of aliphatic hydroxyl groups is 4. The number of nitrogens with zero attached hydrogens (tertiary/aromatic N) is 3. The maximum absolute atomic E-state index is 14.6. The lowest BCUT2D eigenvalue weighted by Crippen LogP contribution is -2.60. The summed E-state index contributed by atoms with van der Waals surface area (Å²) in [6, 6.07) is 12.0. The maximum Gasteiger partial charge on any atom is 0.410 e. The first kappa shape index (κ1) is 66.3. The van der Waals surface area contributed by atoms with Gasteiger partial charge >= 0.3 is 6.09 Å². The van der Waals surface area contributed by atoms with Crippen molar-refractivity contribution < 1.29 is 68.1 Å². The van der Waals surface area contributed by atoms with E-state index >= 15 is 0 Å². The van der Waals surface area contributed by atoms with Crippen molar-refractivity contribution >= 4 is 35.4 Å². The van der Waals surface area contributed by atoms with Gasteiger partial charge in [0.05, 0.1) is 49.3 Å². The van der Waals surface area contributed by atoms with Crippen LogP contribution in [-0.4, -0.2) is 186 Å². The first-order valence-electron chi connectivity index (χ1n) is 26.7. The molecule has 22 heteroatoms. The van der Waals surface area contributed by atoms with Crippen molar-refractivity contribution in [3.63, 3.8) is 0 Å². The van der Waals surface area contributed by atoms with Crippen LogP contribution in [0.1, 0.15) is 105 Å². The van der Waals surface area contributed by atoms with E-state index in [1.165, 1.54) is 26.2 Å². The van der Waals surface area contributed by atoms with Crippen LogP contribution in [-0.2, 0) is 49.5 Å². The first-order valence-corrected chi connectivity index (χ1v) is 26.7. The van der Waals surface area contributed by atoms with Crippen LogP contribution < -0.4 is 27.8 Å². The van der Waals surface area contributed by atoms with Crippen LogP contribution in [0, 0.1) is 23.7 Å². The molecule has 0 radical (unpaired) electrons. The molecule has 2 saturated heterocycles. The number of methoxy groups -OCH3 is 2. The number of carbonyl (C=O) groups excluding carboxylic acids is 5. The fraction of sp³-hybridized carbons (Fsp3) is 0.691. The molecule has 15 atom stereocenters. The van der Waals surface area contributed by atoms with Crippen molar-refractivity contribution in [3.8, 4) is 0 Å². The van der Waals surface area contributed by atoms with E-state index in [0.717, 1.165) is 5.56 Å². The molecule has 0 saturated carbocycles. The predicted molar refractivity (Wildman–Crippen MR) is 290 cm³/mol. The Morgan fingerprint density at radius 1 is 0.818 bits per heavy atom. The zero-order chi connectivity index (χ0) is 58.0. The monoisotopic (exact) mass is 1090 g/mol. The van der Waals surface area contributed by atoms with Crippen LogP contribution in [0.3, 0.4) is 0 Å². The molecule has 15 unspecified atom stereocenters. The van der Waals surface area contributed by atoms with Crippen LogP contribution in [0.4, 0.5) is 10.5 Å². The third-order valence-corrected chi connectivity index (χ3v) is 14.5. The molecule has 0 aromatic heterocycles. The van der Waals surface area contributed by atoms with E-state index in [2.05, 4.69) is 10.6 Å². The topological polar surface area (TPSA) is 324 Å². The number of likely N-dealkylation sites (N-methyl/N-ethyl adjacent to an activating group) is 2. The van der Waals surface area contributed by atoms with Gasteiger partial charge in [-0.2, -0.15) is 0 Å². The summed E-state index contributed by atoms with van der Waals surface area (Å²) in [6.07, 6.45) is -9.15. The van der Waals surface area contributed by atoms with Gasteiger partial charge in [0.1, 0.15) is 49.2 Å². The summed E-state index contributed by atoms with van der Waals surface area (Å²) >= 11 is 0. The normalized spacial score (nSPS) is 23.1. The van der Waals surface area contributed by atoms with E-state index in [9.17, 15) is 44.4 Å². The maximum atomic E-state index is 14.6. The minimum atomic E-state index is -1.67. The zero-order valence-corrected chi connectivity index (χ0v) is 47.5. The number of carbonyl (C=O) groups is 5. The van der Waals surface area contributed by atoms with Crippen molar-refractivity contribution in [2.24, 2.45) is 35.1 Å². The molecule has 2 fully saturated rings. The number of likely N-dealkylation sites (tertiary alicyclic amines) is 1. The van der Waals surface area contributed by atoms with Crippen LogP contribution in [0.15, 0.2) is 54.6 Å². The number of aliphatic hydroxyl groups excluding tert-OH is 4. The standard InChI is InChI=1S/C53H84N6O14.C2H8N2/c1-13-31(6)43(57(9)51(67)41(29(2)3)56-50(66)42(30(4)5)58(10)53(68)71-28-34-21-23-36(54)24-22-34)38(69-11)26-40(61)59-25-17-20-37(59)47(70-12)32(7)49(65)55-33(8)48(35-18-15-14-16-19-35)73-52-46(64)45(63)44(62)39(27-60)72-52;1-2(3)4/h14-16,18-19,21-24,29-33,37-39,41-48,52,60,62-64H,13,17,20,25-28,54H2,1-12H3,(H,55,65)(H,56,66);2H,3-4H2,1H3. The highest BCUT2D eigenvalue weighted by molar-refractivity contribution is 5.92. The molecule has 22 nitrogen and oxygen atoms in total. The van der Waals surface area contributed by atoms with Crippen molar-refractivity contribution in [2.75, 3.05) is 47.2 Å². The summed E-state index contributed by atoms with van der Waals surface area (Å²) in [6.45, 7) is 16.1. The smallest absolute Gasteiger partial charge is 0.410 e. The van der Waals surface area contributed by atoms with Crippen LogP contribution in [0.5, 0.6) is 0 Å².